The van der Waals surface area contributed by atoms with Crippen LogP contribution in [0, 0.1) is 24.2 Å². The number of nitrogens with one attached hydrogen (secondary N) is 2. The van der Waals surface area contributed by atoms with Crippen LogP contribution in [0.5, 0.6) is 0 Å². The van der Waals surface area contributed by atoms with Crippen molar-refractivity contribution in [3.63, 3.8) is 0 Å². The van der Waals surface area contributed by atoms with E-state index in [0.29, 0.717) is 19.0 Å². The van der Waals surface area contributed by atoms with Crippen molar-refractivity contribution in [2.45, 2.75) is 32.6 Å². The molecule has 2 N–H and O–H groups in total. The Kier molecular flexibility index (Phi) is 5.95. The molecule has 0 aromatic carbocycles. The van der Waals surface area contributed by atoms with Gasteiger partial charge in [-0.05, 0) is 18.3 Å². The molecule has 1 fully saturated rings. The maximum absolute atomic E-state index is 11.4. The molecule has 0 aliphatic heterocycles. The molecule has 0 heterocycles. The van der Waals surface area contributed by atoms with E-state index in [2.05, 4.69) is 23.5 Å². The van der Waals surface area contributed by atoms with Gasteiger partial charge in [-0.15, -0.1) is 6.42 Å². The third-order valence-corrected chi connectivity index (χ3v) is 3.36. The van der Waals surface area contributed by atoms with Gasteiger partial charge in [0.05, 0.1) is 13.1 Å². The molecule has 16 heavy (non-hydrogen) atoms. The van der Waals surface area contributed by atoms with Crippen molar-refractivity contribution >= 4 is 5.91 Å². The molecule has 2 atom stereocenters. The molecule has 1 rings (SSSR count). The fourth-order valence-electron chi connectivity index (χ4n) is 2.25. The highest BCUT2D eigenvalue weighted by atomic mass is 16.1. The summed E-state index contributed by atoms with van der Waals surface area (Å²) in [5.41, 5.74) is 0. The third kappa shape index (κ3) is 4.67. The lowest BCUT2D eigenvalue weighted by atomic mass is 9.80. The van der Waals surface area contributed by atoms with Crippen molar-refractivity contribution in [3.8, 4) is 12.3 Å². The van der Waals surface area contributed by atoms with Crippen LogP contribution < -0.4 is 10.6 Å². The summed E-state index contributed by atoms with van der Waals surface area (Å²) in [5, 5.41) is 5.86. The summed E-state index contributed by atoms with van der Waals surface area (Å²) in [6.07, 6.45) is 10.3. The zero-order chi connectivity index (χ0) is 11.8. The van der Waals surface area contributed by atoms with Crippen molar-refractivity contribution in [1.82, 2.24) is 10.6 Å². The van der Waals surface area contributed by atoms with Crippen LogP contribution in [0.15, 0.2) is 0 Å². The Morgan fingerprint density at radius 2 is 2.19 bits per heavy atom. The molecule has 3 nitrogen and oxygen atoms in total. The van der Waals surface area contributed by atoms with Crippen LogP contribution in [-0.2, 0) is 4.79 Å². The number of carbonyl (C=O) groups excluding carboxylic acids is 1. The number of hydrogen-bond donors (Lipinski definition) is 2. The van der Waals surface area contributed by atoms with Crippen LogP contribution in [0.25, 0.3) is 0 Å². The fourth-order valence-corrected chi connectivity index (χ4v) is 2.25. The van der Waals surface area contributed by atoms with E-state index in [-0.39, 0.29) is 5.91 Å². The lowest BCUT2D eigenvalue weighted by Gasteiger charge is -2.28. The highest BCUT2D eigenvalue weighted by molar-refractivity contribution is 5.77. The first kappa shape index (κ1) is 13.1. The summed E-state index contributed by atoms with van der Waals surface area (Å²) in [7, 11) is 0. The van der Waals surface area contributed by atoms with Crippen LogP contribution in [-0.4, -0.2) is 25.5 Å². The van der Waals surface area contributed by atoms with Gasteiger partial charge >= 0.3 is 0 Å². The quantitative estimate of drug-likeness (QED) is 0.541. The van der Waals surface area contributed by atoms with E-state index in [4.69, 9.17) is 6.42 Å². The predicted molar refractivity (Wildman–Crippen MR) is 65.8 cm³/mol. The lowest BCUT2D eigenvalue weighted by molar-refractivity contribution is -0.120. The molecule has 0 spiro atoms. The standard InChI is InChI=1S/C13H22N2O/c1-3-8-14-10-13(16)15-9-12-7-5-4-6-11(12)2/h1,11-12,14H,4-10H2,2H3,(H,15,16). The first-order valence-electron chi connectivity index (χ1n) is 6.15. The first-order chi connectivity index (χ1) is 7.74. The van der Waals surface area contributed by atoms with E-state index in [1.807, 2.05) is 0 Å². The van der Waals surface area contributed by atoms with Crippen molar-refractivity contribution in [3.05, 3.63) is 0 Å². The SMILES string of the molecule is C#CCNCC(=O)NCC1CCCCC1C. The molecule has 0 saturated heterocycles. The van der Waals surface area contributed by atoms with E-state index >= 15 is 0 Å². The summed E-state index contributed by atoms with van der Waals surface area (Å²) in [6.45, 7) is 3.88. The second-order valence-corrected chi connectivity index (χ2v) is 4.63. The second kappa shape index (κ2) is 7.29. The number of hydrogen-bond acceptors (Lipinski definition) is 2. The minimum Gasteiger partial charge on any atom is -0.355 e. The van der Waals surface area contributed by atoms with Crippen LogP contribution in [0.4, 0.5) is 0 Å². The first-order valence-corrected chi connectivity index (χ1v) is 6.15. The van der Waals surface area contributed by atoms with Crippen LogP contribution in [0.1, 0.15) is 32.6 Å². The fraction of sp³-hybridized carbons (Fsp3) is 0.769. The number of rotatable bonds is 5. The monoisotopic (exact) mass is 222 g/mol. The summed E-state index contributed by atoms with van der Waals surface area (Å²) < 4.78 is 0. The Morgan fingerprint density at radius 3 is 2.88 bits per heavy atom. The lowest BCUT2D eigenvalue weighted by Crippen LogP contribution is -2.38. The Bertz CT molecular complexity index is 257. The van der Waals surface area contributed by atoms with Crippen molar-refractivity contribution in [2.24, 2.45) is 11.8 Å². The van der Waals surface area contributed by atoms with E-state index in [1.54, 1.807) is 0 Å². The van der Waals surface area contributed by atoms with E-state index < -0.39 is 0 Å². The summed E-state index contributed by atoms with van der Waals surface area (Å²) >= 11 is 0. The minimum atomic E-state index is 0.0491. The molecular formula is C13H22N2O. The average molecular weight is 222 g/mol. The van der Waals surface area contributed by atoms with E-state index in [1.165, 1.54) is 25.7 Å². The van der Waals surface area contributed by atoms with E-state index in [9.17, 15) is 4.79 Å². The second-order valence-electron chi connectivity index (χ2n) is 4.63. The summed E-state index contributed by atoms with van der Waals surface area (Å²) in [6, 6.07) is 0. The van der Waals surface area contributed by atoms with Crippen molar-refractivity contribution < 1.29 is 4.79 Å². The molecule has 0 radical (unpaired) electrons. The van der Waals surface area contributed by atoms with Gasteiger partial charge in [-0.25, -0.2) is 0 Å². The Balaban J connectivity index is 2.13. The summed E-state index contributed by atoms with van der Waals surface area (Å²) in [5.74, 6) is 3.89. The molecule has 0 bridgehead atoms. The van der Waals surface area contributed by atoms with Crippen molar-refractivity contribution in [2.75, 3.05) is 19.6 Å². The van der Waals surface area contributed by atoms with Gasteiger partial charge in [-0.2, -0.15) is 0 Å². The molecule has 90 valence electrons. The smallest absolute Gasteiger partial charge is 0.233 e. The Hall–Kier alpha value is -1.01. The maximum Gasteiger partial charge on any atom is 0.233 e. The van der Waals surface area contributed by atoms with Gasteiger partial charge in [-0.3, -0.25) is 10.1 Å². The molecule has 1 aliphatic carbocycles. The van der Waals surface area contributed by atoms with E-state index in [0.717, 1.165) is 12.5 Å². The number of carbonyl (C=O) groups is 1. The largest absolute Gasteiger partial charge is 0.355 e. The van der Waals surface area contributed by atoms with Gasteiger partial charge in [0.25, 0.3) is 0 Å². The highest BCUT2D eigenvalue weighted by Crippen LogP contribution is 2.28. The Morgan fingerprint density at radius 1 is 1.44 bits per heavy atom. The molecule has 1 amide bonds. The molecule has 0 aromatic rings. The summed E-state index contributed by atoms with van der Waals surface area (Å²) in [4.78, 5) is 11.4. The molecule has 0 aromatic heterocycles. The van der Waals surface area contributed by atoms with Gasteiger partial charge in [0.15, 0.2) is 0 Å². The van der Waals surface area contributed by atoms with Crippen LogP contribution in [0.3, 0.4) is 0 Å². The molecule has 1 aliphatic rings. The van der Waals surface area contributed by atoms with Crippen LogP contribution >= 0.6 is 0 Å². The molecular weight excluding hydrogens is 200 g/mol. The minimum absolute atomic E-state index is 0.0491. The van der Waals surface area contributed by atoms with Crippen LogP contribution in [0.2, 0.25) is 0 Å². The predicted octanol–water partition coefficient (Wildman–Crippen LogP) is 1.15. The van der Waals surface area contributed by atoms with Gasteiger partial charge in [-0.1, -0.05) is 32.1 Å². The zero-order valence-corrected chi connectivity index (χ0v) is 10.1. The topological polar surface area (TPSA) is 41.1 Å². The zero-order valence-electron chi connectivity index (χ0n) is 10.1. The number of terminal acetylenes is 1. The highest BCUT2D eigenvalue weighted by Gasteiger charge is 2.21. The van der Waals surface area contributed by atoms with Crippen molar-refractivity contribution in [1.29, 1.82) is 0 Å². The number of amides is 1. The van der Waals surface area contributed by atoms with Gasteiger partial charge in [0.1, 0.15) is 0 Å². The Labute approximate surface area is 98.4 Å². The third-order valence-electron chi connectivity index (χ3n) is 3.36. The van der Waals surface area contributed by atoms with Gasteiger partial charge in [0, 0.05) is 6.54 Å². The molecule has 2 unspecified atom stereocenters. The van der Waals surface area contributed by atoms with Gasteiger partial charge < -0.3 is 5.32 Å². The maximum atomic E-state index is 11.4. The van der Waals surface area contributed by atoms with Gasteiger partial charge in [0.2, 0.25) is 5.91 Å². The molecule has 3 heteroatoms. The molecule has 1 saturated carbocycles. The average Bonchev–Trinajstić information content (AvgIpc) is 2.28. The normalized spacial score (nSPS) is 24.8.